The fourth-order valence-corrected chi connectivity index (χ4v) is 5.71. The molecule has 3 aliphatic heterocycles. The van der Waals surface area contributed by atoms with Crippen LogP contribution in [0.15, 0.2) is 67.0 Å². The number of ether oxygens (including phenoxy) is 1. The van der Waals surface area contributed by atoms with Crippen molar-refractivity contribution in [2.24, 2.45) is 5.92 Å². The van der Waals surface area contributed by atoms with Gasteiger partial charge in [-0.15, -0.1) is 0 Å². The van der Waals surface area contributed by atoms with Crippen LogP contribution in [-0.4, -0.2) is 52.5 Å². The Bertz CT molecular complexity index is 1170. The molecule has 7 heteroatoms. The van der Waals surface area contributed by atoms with E-state index >= 15 is 0 Å². The second kappa shape index (κ2) is 10.6. The van der Waals surface area contributed by atoms with Crippen molar-refractivity contribution in [3.63, 3.8) is 0 Å². The molecule has 2 amide bonds. The Morgan fingerprint density at radius 3 is 2.38 bits per heavy atom. The highest BCUT2D eigenvalue weighted by atomic mass is 16.5. The molecule has 196 valence electrons. The molecule has 3 aliphatic rings. The standard InChI is InChI=1S/C30H39N5O2/c1-29(2,32-28(36)33-30(3)15-20-34-18-13-26(30)14-19-34)25-9-5-23(6-10-25)24-7-11-27(12-8-24)37-22-21-35-17-4-16-31-35/h4-12,16-17,26H,13-15,18-22H2,1-3H3,(H2,32,33,36). The van der Waals surface area contributed by atoms with Crippen molar-refractivity contribution in [1.82, 2.24) is 25.3 Å². The summed E-state index contributed by atoms with van der Waals surface area (Å²) in [5, 5.41) is 10.8. The molecule has 0 spiro atoms. The van der Waals surface area contributed by atoms with E-state index in [4.69, 9.17) is 4.74 Å². The molecule has 0 saturated carbocycles. The van der Waals surface area contributed by atoms with E-state index in [2.05, 4.69) is 77.8 Å². The first-order chi connectivity index (χ1) is 17.8. The van der Waals surface area contributed by atoms with Gasteiger partial charge in [-0.2, -0.15) is 5.10 Å². The summed E-state index contributed by atoms with van der Waals surface area (Å²) in [6.07, 6.45) is 7.04. The fourth-order valence-electron chi connectivity index (χ4n) is 5.71. The summed E-state index contributed by atoms with van der Waals surface area (Å²) in [5.41, 5.74) is 2.69. The average Bonchev–Trinajstić information content (AvgIpc) is 3.31. The van der Waals surface area contributed by atoms with Gasteiger partial charge in [0.15, 0.2) is 0 Å². The third kappa shape index (κ3) is 5.99. The van der Waals surface area contributed by atoms with Crippen LogP contribution >= 0.6 is 0 Å². The number of aromatic nitrogens is 2. The van der Waals surface area contributed by atoms with Crippen LogP contribution in [-0.2, 0) is 12.1 Å². The van der Waals surface area contributed by atoms with Gasteiger partial charge in [-0.25, -0.2) is 4.79 Å². The molecule has 0 radical (unpaired) electrons. The van der Waals surface area contributed by atoms with Crippen LogP contribution in [0.25, 0.3) is 11.1 Å². The van der Waals surface area contributed by atoms with Gasteiger partial charge in [0.2, 0.25) is 0 Å². The second-order valence-electron chi connectivity index (χ2n) is 11.2. The first-order valence-electron chi connectivity index (χ1n) is 13.4. The molecule has 1 unspecified atom stereocenters. The van der Waals surface area contributed by atoms with E-state index in [1.807, 2.05) is 29.1 Å². The van der Waals surface area contributed by atoms with Crippen molar-refractivity contribution in [2.75, 3.05) is 26.2 Å². The molecule has 3 fully saturated rings. The number of piperidine rings is 1. The Balaban J connectivity index is 1.17. The molecule has 4 heterocycles. The Labute approximate surface area is 220 Å². The molecule has 0 aliphatic carbocycles. The van der Waals surface area contributed by atoms with E-state index in [1.54, 1.807) is 6.20 Å². The van der Waals surface area contributed by atoms with Gasteiger partial charge < -0.3 is 20.3 Å². The number of hydrogen-bond acceptors (Lipinski definition) is 4. The van der Waals surface area contributed by atoms with Gasteiger partial charge >= 0.3 is 6.03 Å². The van der Waals surface area contributed by atoms with E-state index in [9.17, 15) is 4.79 Å². The molecular weight excluding hydrogens is 462 g/mol. The summed E-state index contributed by atoms with van der Waals surface area (Å²) in [5.74, 6) is 1.39. The lowest BCUT2D eigenvalue weighted by atomic mass is 9.79. The van der Waals surface area contributed by atoms with Crippen LogP contribution in [0.3, 0.4) is 0 Å². The lowest BCUT2D eigenvalue weighted by Crippen LogP contribution is -2.57. The molecule has 7 nitrogen and oxygen atoms in total. The van der Waals surface area contributed by atoms with Crippen molar-refractivity contribution in [1.29, 1.82) is 0 Å². The van der Waals surface area contributed by atoms with Gasteiger partial charge in [0, 0.05) is 24.5 Å². The Morgan fingerprint density at radius 2 is 1.73 bits per heavy atom. The minimum Gasteiger partial charge on any atom is -0.492 e. The van der Waals surface area contributed by atoms with Crippen LogP contribution in [0.1, 0.15) is 45.6 Å². The van der Waals surface area contributed by atoms with E-state index in [0.29, 0.717) is 12.5 Å². The van der Waals surface area contributed by atoms with Crippen molar-refractivity contribution >= 4 is 6.03 Å². The number of carbonyl (C=O) groups excluding carboxylic acids is 1. The first kappa shape index (κ1) is 25.3. The number of nitrogens with zero attached hydrogens (tertiary/aromatic N) is 3. The molecule has 1 atom stereocenters. The zero-order valence-electron chi connectivity index (χ0n) is 22.2. The maximum Gasteiger partial charge on any atom is 0.315 e. The lowest BCUT2D eigenvalue weighted by molar-refractivity contribution is 0.171. The Hall–Kier alpha value is -3.32. The summed E-state index contributed by atoms with van der Waals surface area (Å²) in [4.78, 5) is 15.6. The molecule has 3 aromatic rings. The highest BCUT2D eigenvalue weighted by Gasteiger charge is 2.41. The monoisotopic (exact) mass is 501 g/mol. The number of nitrogens with one attached hydrogen (secondary N) is 2. The van der Waals surface area contributed by atoms with Crippen molar-refractivity contribution < 1.29 is 9.53 Å². The smallest absolute Gasteiger partial charge is 0.315 e. The molecular formula is C30H39N5O2. The molecule has 37 heavy (non-hydrogen) atoms. The highest BCUT2D eigenvalue weighted by molar-refractivity contribution is 5.76. The summed E-state index contributed by atoms with van der Waals surface area (Å²) in [6.45, 7) is 11.0. The van der Waals surface area contributed by atoms with Crippen LogP contribution in [0.5, 0.6) is 5.75 Å². The van der Waals surface area contributed by atoms with Crippen LogP contribution in [0.4, 0.5) is 4.79 Å². The van der Waals surface area contributed by atoms with Crippen LogP contribution in [0, 0.1) is 5.92 Å². The quantitative estimate of drug-likeness (QED) is 0.454. The van der Waals surface area contributed by atoms with E-state index in [1.165, 1.54) is 12.8 Å². The summed E-state index contributed by atoms with van der Waals surface area (Å²) in [7, 11) is 0. The molecule has 1 aromatic heterocycles. The van der Waals surface area contributed by atoms with Crippen molar-refractivity contribution in [3.05, 3.63) is 72.6 Å². The SMILES string of the molecule is CC(C)(NC(=O)NC1(C)CCN2CCC1CC2)c1ccc(-c2ccc(OCCn3cccn3)cc2)cc1. The predicted octanol–water partition coefficient (Wildman–Crippen LogP) is 5.04. The second-order valence-corrected chi connectivity index (χ2v) is 11.2. The van der Waals surface area contributed by atoms with Gasteiger partial charge in [-0.3, -0.25) is 4.68 Å². The molecule has 2 aromatic carbocycles. The molecule has 3 saturated heterocycles. The van der Waals surface area contributed by atoms with Gasteiger partial charge in [-0.05, 0) is 93.9 Å². The summed E-state index contributed by atoms with van der Waals surface area (Å²) in [6, 6.07) is 18.4. The average molecular weight is 502 g/mol. The lowest BCUT2D eigenvalue weighted by Gasteiger charge is -2.39. The highest BCUT2D eigenvalue weighted by Crippen LogP contribution is 2.35. The topological polar surface area (TPSA) is 71.4 Å². The van der Waals surface area contributed by atoms with Gasteiger partial charge in [-0.1, -0.05) is 36.4 Å². The number of amides is 2. The van der Waals surface area contributed by atoms with Gasteiger partial charge in [0.25, 0.3) is 0 Å². The maximum atomic E-state index is 13.1. The zero-order chi connectivity index (χ0) is 25.9. The third-order valence-electron chi connectivity index (χ3n) is 8.20. The summed E-state index contributed by atoms with van der Waals surface area (Å²) >= 11 is 0. The predicted molar refractivity (Wildman–Crippen MR) is 146 cm³/mol. The Morgan fingerprint density at radius 1 is 1.05 bits per heavy atom. The zero-order valence-corrected chi connectivity index (χ0v) is 22.2. The maximum absolute atomic E-state index is 13.1. The fraction of sp³-hybridized carbons (Fsp3) is 0.467. The number of carbonyl (C=O) groups is 1. The third-order valence-corrected chi connectivity index (χ3v) is 8.20. The van der Waals surface area contributed by atoms with E-state index in [-0.39, 0.29) is 11.6 Å². The largest absolute Gasteiger partial charge is 0.492 e. The van der Waals surface area contributed by atoms with E-state index < -0.39 is 5.54 Å². The van der Waals surface area contributed by atoms with Crippen molar-refractivity contribution in [3.8, 4) is 16.9 Å². The number of benzene rings is 2. The molecule has 2 bridgehead atoms. The Kier molecular flexibility index (Phi) is 7.24. The normalized spacial score (nSPS) is 23.3. The summed E-state index contributed by atoms with van der Waals surface area (Å²) < 4.78 is 7.70. The molecule has 6 rings (SSSR count). The van der Waals surface area contributed by atoms with E-state index in [0.717, 1.165) is 55.0 Å². The van der Waals surface area contributed by atoms with Crippen LogP contribution in [0.2, 0.25) is 0 Å². The first-order valence-corrected chi connectivity index (χ1v) is 13.4. The number of rotatable bonds is 8. The van der Waals surface area contributed by atoms with Gasteiger partial charge in [0.1, 0.15) is 12.4 Å². The number of hydrogen-bond donors (Lipinski definition) is 2. The molecule has 2 N–H and O–H groups in total. The minimum absolute atomic E-state index is 0.0833. The van der Waals surface area contributed by atoms with Crippen LogP contribution < -0.4 is 15.4 Å². The number of urea groups is 1. The van der Waals surface area contributed by atoms with Crippen molar-refractivity contribution in [2.45, 2.75) is 57.7 Å². The van der Waals surface area contributed by atoms with Gasteiger partial charge in [0.05, 0.1) is 12.1 Å². The minimum atomic E-state index is -0.488. The number of fused-ring (bicyclic) bond motifs is 4.